The van der Waals surface area contributed by atoms with E-state index < -0.39 is 10.0 Å². The molecule has 2 rings (SSSR count). The Morgan fingerprint density at radius 1 is 1.24 bits per heavy atom. The highest BCUT2D eigenvalue weighted by Crippen LogP contribution is 2.22. The Balaban J connectivity index is 2.00. The van der Waals surface area contributed by atoms with Crippen molar-refractivity contribution in [2.24, 2.45) is 0 Å². The first-order chi connectivity index (χ1) is 10.1. The SMILES string of the molecule is CCCNC1CCN(S(=O)(=O)c2ccc(OC)cc2)CC1. The number of nitrogens with one attached hydrogen (secondary N) is 1. The minimum atomic E-state index is -3.38. The molecule has 5 nitrogen and oxygen atoms in total. The topological polar surface area (TPSA) is 58.6 Å². The van der Waals surface area contributed by atoms with Gasteiger partial charge in [0.05, 0.1) is 12.0 Å². The van der Waals surface area contributed by atoms with Gasteiger partial charge in [0.1, 0.15) is 5.75 Å². The Labute approximate surface area is 127 Å². The molecule has 0 saturated carbocycles. The third-order valence-electron chi connectivity index (χ3n) is 3.83. The summed E-state index contributed by atoms with van der Waals surface area (Å²) in [4.78, 5) is 0.336. The van der Waals surface area contributed by atoms with Gasteiger partial charge in [0, 0.05) is 19.1 Å². The van der Waals surface area contributed by atoms with Crippen LogP contribution in [0.4, 0.5) is 0 Å². The van der Waals surface area contributed by atoms with Gasteiger partial charge in [0.15, 0.2) is 0 Å². The summed E-state index contributed by atoms with van der Waals surface area (Å²) in [5, 5.41) is 3.46. The van der Waals surface area contributed by atoms with Crippen molar-refractivity contribution < 1.29 is 13.2 Å². The summed E-state index contributed by atoms with van der Waals surface area (Å²) in [6, 6.07) is 7.02. The van der Waals surface area contributed by atoms with E-state index in [1.807, 2.05) is 0 Å². The Bertz CT molecular complexity index is 535. The standard InChI is InChI=1S/C15H24N2O3S/c1-3-10-16-13-8-11-17(12-9-13)21(18,19)15-6-4-14(20-2)5-7-15/h4-7,13,16H,3,8-12H2,1-2H3. The second kappa shape index (κ2) is 7.24. The van der Waals surface area contributed by atoms with E-state index in [9.17, 15) is 8.42 Å². The zero-order valence-corrected chi connectivity index (χ0v) is 13.5. The molecule has 1 heterocycles. The molecule has 0 aliphatic carbocycles. The molecular formula is C15H24N2O3S. The molecule has 1 aromatic rings. The van der Waals surface area contributed by atoms with Crippen LogP contribution in [-0.2, 0) is 10.0 Å². The molecule has 0 radical (unpaired) electrons. The summed E-state index contributed by atoms with van der Waals surface area (Å²) in [6.45, 7) is 4.29. The maximum Gasteiger partial charge on any atom is 0.243 e. The maximum atomic E-state index is 12.6. The molecule has 118 valence electrons. The number of rotatable bonds is 6. The van der Waals surface area contributed by atoms with Gasteiger partial charge in [0.25, 0.3) is 0 Å². The molecule has 1 aromatic carbocycles. The molecule has 0 bridgehead atoms. The largest absolute Gasteiger partial charge is 0.497 e. The van der Waals surface area contributed by atoms with Crippen molar-refractivity contribution in [3.63, 3.8) is 0 Å². The zero-order valence-electron chi connectivity index (χ0n) is 12.7. The molecule has 1 N–H and O–H groups in total. The number of hydrogen-bond acceptors (Lipinski definition) is 4. The third-order valence-corrected chi connectivity index (χ3v) is 5.75. The van der Waals surface area contributed by atoms with Gasteiger partial charge >= 0.3 is 0 Å². The fraction of sp³-hybridized carbons (Fsp3) is 0.600. The summed E-state index contributed by atoms with van der Waals surface area (Å²) >= 11 is 0. The van der Waals surface area contributed by atoms with Crippen molar-refractivity contribution >= 4 is 10.0 Å². The van der Waals surface area contributed by atoms with Gasteiger partial charge in [-0.05, 0) is 50.1 Å². The molecular weight excluding hydrogens is 288 g/mol. The van der Waals surface area contributed by atoms with Crippen LogP contribution in [0.15, 0.2) is 29.2 Å². The lowest BCUT2D eigenvalue weighted by molar-refractivity contribution is 0.290. The van der Waals surface area contributed by atoms with Crippen LogP contribution >= 0.6 is 0 Å². The molecule has 6 heteroatoms. The van der Waals surface area contributed by atoms with Crippen molar-refractivity contribution in [2.45, 2.75) is 37.1 Å². The summed E-state index contributed by atoms with van der Waals surface area (Å²) in [5.74, 6) is 0.663. The molecule has 1 aliphatic heterocycles. The summed E-state index contributed by atoms with van der Waals surface area (Å²) in [7, 11) is -1.81. The number of benzene rings is 1. The van der Waals surface area contributed by atoms with Crippen LogP contribution in [0.5, 0.6) is 5.75 Å². The average Bonchev–Trinajstić information content (AvgIpc) is 2.53. The predicted octanol–water partition coefficient (Wildman–Crippen LogP) is 1.85. The fourth-order valence-corrected chi connectivity index (χ4v) is 4.02. The molecule has 0 amide bonds. The lowest BCUT2D eigenvalue weighted by Crippen LogP contribution is -2.45. The number of ether oxygens (including phenoxy) is 1. The van der Waals surface area contributed by atoms with Crippen molar-refractivity contribution in [2.75, 3.05) is 26.7 Å². The number of piperidine rings is 1. The highest BCUT2D eigenvalue weighted by molar-refractivity contribution is 7.89. The van der Waals surface area contributed by atoms with E-state index in [2.05, 4.69) is 12.2 Å². The van der Waals surface area contributed by atoms with Crippen LogP contribution in [0, 0.1) is 0 Å². The van der Waals surface area contributed by atoms with Crippen molar-refractivity contribution in [1.82, 2.24) is 9.62 Å². The number of methoxy groups -OCH3 is 1. The van der Waals surface area contributed by atoms with Gasteiger partial charge in [-0.1, -0.05) is 6.92 Å². The van der Waals surface area contributed by atoms with Gasteiger partial charge in [-0.25, -0.2) is 8.42 Å². The van der Waals surface area contributed by atoms with Crippen molar-refractivity contribution in [3.05, 3.63) is 24.3 Å². The number of sulfonamides is 1. The first-order valence-corrected chi connectivity index (χ1v) is 8.89. The first-order valence-electron chi connectivity index (χ1n) is 7.45. The van der Waals surface area contributed by atoms with E-state index in [1.165, 1.54) is 0 Å². The van der Waals surface area contributed by atoms with Crippen LogP contribution in [0.3, 0.4) is 0 Å². The molecule has 0 unspecified atom stereocenters. The monoisotopic (exact) mass is 312 g/mol. The van der Waals surface area contributed by atoms with E-state index in [4.69, 9.17) is 4.74 Å². The van der Waals surface area contributed by atoms with Gasteiger partial charge in [-0.15, -0.1) is 0 Å². The highest BCUT2D eigenvalue weighted by atomic mass is 32.2. The van der Waals surface area contributed by atoms with Crippen LogP contribution in [0.2, 0.25) is 0 Å². The smallest absolute Gasteiger partial charge is 0.243 e. The Morgan fingerprint density at radius 2 is 1.86 bits per heavy atom. The molecule has 21 heavy (non-hydrogen) atoms. The summed E-state index contributed by atoms with van der Waals surface area (Å²) in [6.07, 6.45) is 2.84. The Hall–Kier alpha value is -1.11. The summed E-state index contributed by atoms with van der Waals surface area (Å²) < 4.78 is 31.8. The second-order valence-corrected chi connectivity index (χ2v) is 7.25. The molecule has 0 spiro atoms. The predicted molar refractivity (Wildman–Crippen MR) is 83.1 cm³/mol. The summed E-state index contributed by atoms with van der Waals surface area (Å²) in [5.41, 5.74) is 0. The van der Waals surface area contributed by atoms with Crippen LogP contribution in [0.1, 0.15) is 26.2 Å². The van der Waals surface area contributed by atoms with E-state index in [-0.39, 0.29) is 0 Å². The first kappa shape index (κ1) is 16.3. The highest BCUT2D eigenvalue weighted by Gasteiger charge is 2.29. The van der Waals surface area contributed by atoms with Crippen molar-refractivity contribution in [3.8, 4) is 5.75 Å². The average molecular weight is 312 g/mol. The van der Waals surface area contributed by atoms with E-state index >= 15 is 0 Å². The minimum absolute atomic E-state index is 0.336. The lowest BCUT2D eigenvalue weighted by atomic mass is 10.1. The molecule has 0 aromatic heterocycles. The lowest BCUT2D eigenvalue weighted by Gasteiger charge is -2.31. The van der Waals surface area contributed by atoms with E-state index in [0.717, 1.165) is 25.8 Å². The van der Waals surface area contributed by atoms with Crippen LogP contribution < -0.4 is 10.1 Å². The quantitative estimate of drug-likeness (QED) is 0.871. The molecule has 0 atom stereocenters. The molecule has 1 saturated heterocycles. The van der Waals surface area contributed by atoms with Gasteiger partial charge in [-0.2, -0.15) is 4.31 Å². The molecule has 1 aliphatic rings. The number of hydrogen-bond donors (Lipinski definition) is 1. The van der Waals surface area contributed by atoms with Gasteiger partial charge < -0.3 is 10.1 Å². The molecule has 1 fully saturated rings. The van der Waals surface area contributed by atoms with Crippen LogP contribution in [-0.4, -0.2) is 45.5 Å². The Morgan fingerprint density at radius 3 is 2.38 bits per heavy atom. The maximum absolute atomic E-state index is 12.6. The Kier molecular flexibility index (Phi) is 5.61. The van der Waals surface area contributed by atoms with Crippen LogP contribution in [0.25, 0.3) is 0 Å². The minimum Gasteiger partial charge on any atom is -0.497 e. The fourth-order valence-electron chi connectivity index (χ4n) is 2.55. The number of nitrogens with zero attached hydrogens (tertiary/aromatic N) is 1. The normalized spacial score (nSPS) is 17.8. The second-order valence-electron chi connectivity index (χ2n) is 5.31. The third kappa shape index (κ3) is 3.96. The van der Waals surface area contributed by atoms with E-state index in [1.54, 1.807) is 35.7 Å². The van der Waals surface area contributed by atoms with Gasteiger partial charge in [-0.3, -0.25) is 0 Å². The van der Waals surface area contributed by atoms with Crippen molar-refractivity contribution in [1.29, 1.82) is 0 Å². The van der Waals surface area contributed by atoms with E-state index in [0.29, 0.717) is 29.8 Å². The van der Waals surface area contributed by atoms with Gasteiger partial charge in [0.2, 0.25) is 10.0 Å². The zero-order chi connectivity index (χ0) is 15.3.